The van der Waals surface area contributed by atoms with Crippen LogP contribution in [0.2, 0.25) is 18.6 Å². The van der Waals surface area contributed by atoms with Crippen molar-refractivity contribution in [2.75, 3.05) is 19.0 Å². The third kappa shape index (κ3) is 3.00. The Bertz CT molecular complexity index is 702. The van der Waals surface area contributed by atoms with Crippen LogP contribution in [-0.2, 0) is 0 Å². The highest BCUT2D eigenvalue weighted by molar-refractivity contribution is 6.59. The van der Waals surface area contributed by atoms with Crippen LogP contribution in [0.25, 0.3) is 0 Å². The van der Waals surface area contributed by atoms with Gasteiger partial charge < -0.3 is 4.90 Å². The van der Waals surface area contributed by atoms with E-state index in [2.05, 4.69) is 93.7 Å². The summed E-state index contributed by atoms with van der Waals surface area (Å²) in [4.78, 5) is 2.15. The van der Waals surface area contributed by atoms with E-state index in [1.165, 1.54) is 16.8 Å². The molecule has 2 aliphatic carbocycles. The van der Waals surface area contributed by atoms with Crippen molar-refractivity contribution < 1.29 is 0 Å². The molecule has 0 aliphatic heterocycles. The van der Waals surface area contributed by atoms with Gasteiger partial charge in [-0.15, -0.1) is 0 Å². The molecule has 0 radical (unpaired) electrons. The summed E-state index contributed by atoms with van der Waals surface area (Å²) in [6.45, 7) is 7.24. The fraction of sp³-hybridized carbons (Fsp3) is 0.333. The van der Waals surface area contributed by atoms with E-state index < -0.39 is 8.80 Å². The maximum absolute atomic E-state index is 2.46. The number of allylic oxidation sites excluding steroid dienone is 8. The van der Waals surface area contributed by atoms with Gasteiger partial charge >= 0.3 is 0 Å². The van der Waals surface area contributed by atoms with Crippen LogP contribution in [0.15, 0.2) is 71.4 Å². The molecule has 2 aliphatic rings. The normalized spacial score (nSPS) is 23.1. The lowest BCUT2D eigenvalue weighted by Crippen LogP contribution is -2.13. The highest BCUT2D eigenvalue weighted by Gasteiger charge is 2.30. The van der Waals surface area contributed by atoms with Crippen molar-refractivity contribution in [2.45, 2.75) is 31.5 Å². The number of nitrogens with zero attached hydrogens (tertiary/aromatic N) is 1. The Hall–Kier alpha value is -1.80. The lowest BCUT2D eigenvalue weighted by Gasteiger charge is -2.20. The summed E-state index contributed by atoms with van der Waals surface area (Å²) in [6, 6.07) is 9.01. The van der Waals surface area contributed by atoms with Crippen molar-refractivity contribution in [3.05, 3.63) is 76.9 Å². The summed E-state index contributed by atoms with van der Waals surface area (Å²) >= 11 is 0. The van der Waals surface area contributed by atoms with E-state index in [4.69, 9.17) is 0 Å². The van der Waals surface area contributed by atoms with E-state index in [1.54, 1.807) is 11.1 Å². The molecule has 1 aromatic carbocycles. The van der Waals surface area contributed by atoms with E-state index in [0.717, 1.165) is 0 Å². The maximum Gasteiger partial charge on any atom is 0.0439 e. The van der Waals surface area contributed by atoms with Crippen LogP contribution in [-0.4, -0.2) is 22.9 Å². The molecule has 2 heteroatoms. The van der Waals surface area contributed by atoms with Gasteiger partial charge in [0.05, 0.1) is 0 Å². The molecule has 0 amide bonds. The Kier molecular flexibility index (Phi) is 4.45. The Morgan fingerprint density at radius 3 is 2.26 bits per heavy atom. The van der Waals surface area contributed by atoms with Crippen LogP contribution in [0.5, 0.6) is 0 Å². The number of benzene rings is 1. The van der Waals surface area contributed by atoms with E-state index in [-0.39, 0.29) is 0 Å². The van der Waals surface area contributed by atoms with Gasteiger partial charge in [0.25, 0.3) is 0 Å². The molecular weight excluding hydrogens is 294 g/mol. The zero-order valence-corrected chi connectivity index (χ0v) is 16.0. The second-order valence-electron chi connectivity index (χ2n) is 7.23. The van der Waals surface area contributed by atoms with Crippen LogP contribution in [0.3, 0.4) is 0 Å². The molecule has 0 spiro atoms. The van der Waals surface area contributed by atoms with Crippen LogP contribution in [0, 0.1) is 0 Å². The lowest BCUT2D eigenvalue weighted by molar-refractivity contribution is 1.01. The zero-order valence-electron chi connectivity index (χ0n) is 14.9. The van der Waals surface area contributed by atoms with Crippen molar-refractivity contribution in [1.29, 1.82) is 0 Å². The topological polar surface area (TPSA) is 3.24 Å². The minimum Gasteiger partial charge on any atom is -0.378 e. The van der Waals surface area contributed by atoms with Gasteiger partial charge in [0.2, 0.25) is 0 Å². The van der Waals surface area contributed by atoms with Gasteiger partial charge in [-0.1, -0.05) is 61.2 Å². The number of anilines is 1. The highest BCUT2D eigenvalue weighted by atomic mass is 28.3. The first-order valence-corrected chi connectivity index (χ1v) is 11.5. The van der Waals surface area contributed by atoms with Crippen molar-refractivity contribution in [1.82, 2.24) is 0 Å². The Balaban J connectivity index is 2.02. The molecule has 0 saturated carbocycles. The minimum atomic E-state index is -0.750. The van der Waals surface area contributed by atoms with Gasteiger partial charge in [-0.2, -0.15) is 0 Å². The highest BCUT2D eigenvalue weighted by Crippen LogP contribution is 2.46. The monoisotopic (exact) mass is 321 g/mol. The van der Waals surface area contributed by atoms with Gasteiger partial charge in [0.1, 0.15) is 0 Å². The van der Waals surface area contributed by atoms with Crippen molar-refractivity contribution in [3.8, 4) is 0 Å². The van der Waals surface area contributed by atoms with Gasteiger partial charge in [-0.25, -0.2) is 0 Å². The second-order valence-corrected chi connectivity index (χ2v) is 10.4. The Morgan fingerprint density at radius 2 is 1.65 bits per heavy atom. The molecule has 3 rings (SSSR count). The second kappa shape index (κ2) is 6.36. The third-order valence-electron chi connectivity index (χ3n) is 5.00. The molecule has 120 valence electrons. The summed E-state index contributed by atoms with van der Waals surface area (Å²) in [7, 11) is 3.43. The summed E-state index contributed by atoms with van der Waals surface area (Å²) in [5, 5.41) is 0. The SMILES string of the molecule is CC1=CC2=C(C=CC=CC2c2ccc(N(C)C)cc2)C1[SiH](C)C. The smallest absolute Gasteiger partial charge is 0.0439 e. The fourth-order valence-electron chi connectivity index (χ4n) is 3.91. The quantitative estimate of drug-likeness (QED) is 0.702. The first-order chi connectivity index (χ1) is 11.0. The zero-order chi connectivity index (χ0) is 16.6. The molecular formula is C21H27NSi. The van der Waals surface area contributed by atoms with Gasteiger partial charge in [-0.3, -0.25) is 0 Å². The average Bonchev–Trinajstić information content (AvgIpc) is 2.70. The molecule has 1 aromatic rings. The van der Waals surface area contributed by atoms with Crippen molar-refractivity contribution in [3.63, 3.8) is 0 Å². The molecule has 0 heterocycles. The number of hydrogen-bond acceptors (Lipinski definition) is 1. The van der Waals surface area contributed by atoms with Crippen LogP contribution >= 0.6 is 0 Å². The standard InChI is InChI=1S/C21H27NSi/c1-15-14-20-18(16-10-12-17(13-11-16)22(2)3)8-6-7-9-19(20)21(15)23(4)5/h6-14,18,21,23H,1-5H3. The first-order valence-electron chi connectivity index (χ1n) is 8.53. The lowest BCUT2D eigenvalue weighted by atomic mass is 9.89. The maximum atomic E-state index is 2.46. The van der Waals surface area contributed by atoms with Gasteiger partial charge in [-0.05, 0) is 41.3 Å². The molecule has 1 nitrogen and oxygen atoms in total. The fourth-order valence-corrected chi connectivity index (χ4v) is 6.08. The number of hydrogen-bond donors (Lipinski definition) is 0. The summed E-state index contributed by atoms with van der Waals surface area (Å²) in [6.07, 6.45) is 11.6. The summed E-state index contributed by atoms with van der Waals surface area (Å²) in [5.41, 5.74) is 7.98. The van der Waals surface area contributed by atoms with E-state index in [0.29, 0.717) is 11.5 Å². The van der Waals surface area contributed by atoms with Crippen LogP contribution in [0.1, 0.15) is 18.4 Å². The minimum absolute atomic E-state index is 0.379. The molecule has 2 unspecified atom stereocenters. The molecule has 2 atom stereocenters. The van der Waals surface area contributed by atoms with Gasteiger partial charge in [0.15, 0.2) is 0 Å². The molecule has 0 fully saturated rings. The molecule has 23 heavy (non-hydrogen) atoms. The number of rotatable bonds is 3. The van der Waals surface area contributed by atoms with Crippen LogP contribution < -0.4 is 4.90 Å². The molecule has 0 aromatic heterocycles. The average molecular weight is 322 g/mol. The van der Waals surface area contributed by atoms with E-state index in [1.807, 2.05) is 0 Å². The van der Waals surface area contributed by atoms with E-state index >= 15 is 0 Å². The predicted octanol–water partition coefficient (Wildman–Crippen LogP) is 5.08. The van der Waals surface area contributed by atoms with E-state index in [9.17, 15) is 0 Å². The Morgan fingerprint density at radius 1 is 0.957 bits per heavy atom. The van der Waals surface area contributed by atoms with Crippen molar-refractivity contribution >= 4 is 14.5 Å². The van der Waals surface area contributed by atoms with Crippen molar-refractivity contribution in [2.24, 2.45) is 0 Å². The van der Waals surface area contributed by atoms with Gasteiger partial charge in [0, 0.05) is 34.5 Å². The first kappa shape index (κ1) is 16.1. The summed E-state index contributed by atoms with van der Waals surface area (Å²) in [5.74, 6) is 0.379. The molecule has 0 bridgehead atoms. The largest absolute Gasteiger partial charge is 0.378 e. The summed E-state index contributed by atoms with van der Waals surface area (Å²) < 4.78 is 0. The Labute approximate surface area is 142 Å². The third-order valence-corrected chi connectivity index (χ3v) is 7.22. The van der Waals surface area contributed by atoms with Crippen LogP contribution in [0.4, 0.5) is 5.69 Å². The molecule has 0 N–H and O–H groups in total. The predicted molar refractivity (Wildman–Crippen MR) is 105 cm³/mol. The molecule has 0 saturated heterocycles.